The third-order valence-electron chi connectivity index (χ3n) is 6.17. The van der Waals surface area contributed by atoms with Crippen LogP contribution in [0.25, 0.3) is 0 Å². The first-order valence-corrected chi connectivity index (χ1v) is 11.4. The Bertz CT molecular complexity index is 1150. The fourth-order valence-corrected chi connectivity index (χ4v) is 4.52. The standard InChI is InChI=1S/C26H29N5O4/c1-17(2)30(18-8-10-20(35-3)11-9-18)23(32)16-29-21-6-4-5-7-22(21)31(19-12-14-28-15-13-19)26(34)24(27)25(29)33/h4-15,17,21-22,24H,16,27H2,1-3H3. The van der Waals surface area contributed by atoms with Crippen LogP contribution in [0.1, 0.15) is 13.8 Å². The molecule has 0 bridgehead atoms. The zero-order valence-corrected chi connectivity index (χ0v) is 19.9. The molecule has 1 aliphatic heterocycles. The number of allylic oxidation sites excluding steroid dienone is 2. The van der Waals surface area contributed by atoms with E-state index in [1.54, 1.807) is 60.8 Å². The van der Waals surface area contributed by atoms with Crippen LogP contribution in [-0.4, -0.2) is 65.4 Å². The second-order valence-corrected chi connectivity index (χ2v) is 8.66. The number of carbonyl (C=O) groups is 3. The molecule has 3 unspecified atom stereocenters. The lowest BCUT2D eigenvalue weighted by Gasteiger charge is -2.38. The number of anilines is 2. The summed E-state index contributed by atoms with van der Waals surface area (Å²) >= 11 is 0. The number of hydrogen-bond acceptors (Lipinski definition) is 6. The molecule has 2 aromatic rings. The minimum atomic E-state index is -1.43. The van der Waals surface area contributed by atoms with Crippen LogP contribution in [0.2, 0.25) is 0 Å². The predicted octanol–water partition coefficient (Wildman–Crippen LogP) is 1.90. The van der Waals surface area contributed by atoms with Crippen molar-refractivity contribution in [2.45, 2.75) is 38.0 Å². The molecule has 4 rings (SSSR count). The number of nitrogens with zero attached hydrogens (tertiary/aromatic N) is 4. The highest BCUT2D eigenvalue weighted by Gasteiger charge is 2.45. The van der Waals surface area contributed by atoms with Gasteiger partial charge in [0.2, 0.25) is 11.8 Å². The van der Waals surface area contributed by atoms with Gasteiger partial charge in [-0.2, -0.15) is 0 Å². The molecular formula is C26H29N5O4. The molecule has 1 aromatic heterocycles. The van der Waals surface area contributed by atoms with Gasteiger partial charge in [-0.25, -0.2) is 0 Å². The minimum Gasteiger partial charge on any atom is -0.497 e. The number of nitrogens with two attached hydrogens (primary N) is 1. The number of fused-ring (bicyclic) bond motifs is 1. The summed E-state index contributed by atoms with van der Waals surface area (Å²) in [7, 11) is 1.58. The molecule has 3 atom stereocenters. The van der Waals surface area contributed by atoms with Gasteiger partial charge in [0.15, 0.2) is 6.04 Å². The third kappa shape index (κ3) is 4.67. The number of rotatable bonds is 6. The lowest BCUT2D eigenvalue weighted by molar-refractivity contribution is -0.139. The molecule has 1 fully saturated rings. The Morgan fingerprint density at radius 1 is 1.03 bits per heavy atom. The fraction of sp³-hybridized carbons (Fsp3) is 0.308. The Morgan fingerprint density at radius 2 is 1.66 bits per heavy atom. The Labute approximate surface area is 204 Å². The van der Waals surface area contributed by atoms with Crippen molar-refractivity contribution in [3.8, 4) is 5.75 Å². The van der Waals surface area contributed by atoms with Gasteiger partial charge in [0.1, 0.15) is 12.3 Å². The lowest BCUT2D eigenvalue weighted by atomic mass is 9.99. The van der Waals surface area contributed by atoms with E-state index in [1.807, 2.05) is 38.2 Å². The molecule has 1 saturated heterocycles. The summed E-state index contributed by atoms with van der Waals surface area (Å²) in [5.74, 6) is -0.720. The van der Waals surface area contributed by atoms with Crippen molar-refractivity contribution in [2.75, 3.05) is 23.5 Å². The molecule has 2 heterocycles. The second-order valence-electron chi connectivity index (χ2n) is 8.66. The third-order valence-corrected chi connectivity index (χ3v) is 6.17. The van der Waals surface area contributed by atoms with Crippen LogP contribution < -0.4 is 20.3 Å². The summed E-state index contributed by atoms with van der Waals surface area (Å²) in [4.78, 5) is 48.9. The van der Waals surface area contributed by atoms with Crippen molar-refractivity contribution in [1.29, 1.82) is 0 Å². The number of benzene rings is 1. The van der Waals surface area contributed by atoms with E-state index in [-0.39, 0.29) is 18.5 Å². The maximum Gasteiger partial charge on any atom is 0.254 e. The smallest absolute Gasteiger partial charge is 0.254 e. The fourth-order valence-electron chi connectivity index (χ4n) is 4.52. The molecule has 0 saturated carbocycles. The van der Waals surface area contributed by atoms with Gasteiger partial charge in [-0.1, -0.05) is 24.3 Å². The van der Waals surface area contributed by atoms with Crippen molar-refractivity contribution in [3.63, 3.8) is 0 Å². The topological polar surface area (TPSA) is 109 Å². The molecule has 2 aliphatic rings. The van der Waals surface area contributed by atoms with E-state index in [0.717, 1.165) is 0 Å². The van der Waals surface area contributed by atoms with Crippen molar-refractivity contribution in [1.82, 2.24) is 9.88 Å². The molecule has 0 spiro atoms. The summed E-state index contributed by atoms with van der Waals surface area (Å²) in [6, 6.07) is 7.87. The Balaban J connectivity index is 1.68. The molecule has 0 radical (unpaired) electrons. The monoisotopic (exact) mass is 475 g/mol. The highest BCUT2D eigenvalue weighted by molar-refractivity contribution is 6.13. The zero-order chi connectivity index (χ0) is 25.1. The molecular weight excluding hydrogens is 446 g/mol. The molecule has 3 amide bonds. The summed E-state index contributed by atoms with van der Waals surface area (Å²) in [5.41, 5.74) is 7.43. The van der Waals surface area contributed by atoms with Crippen LogP contribution in [0.15, 0.2) is 73.1 Å². The summed E-state index contributed by atoms with van der Waals surface area (Å²) in [6.07, 6.45) is 10.4. The Hall–Kier alpha value is -3.98. The summed E-state index contributed by atoms with van der Waals surface area (Å²) in [5, 5.41) is 0. The van der Waals surface area contributed by atoms with Gasteiger partial charge in [-0.15, -0.1) is 0 Å². The van der Waals surface area contributed by atoms with Gasteiger partial charge < -0.3 is 25.2 Å². The van der Waals surface area contributed by atoms with E-state index >= 15 is 0 Å². The molecule has 1 aliphatic carbocycles. The summed E-state index contributed by atoms with van der Waals surface area (Å²) < 4.78 is 5.22. The van der Waals surface area contributed by atoms with E-state index in [1.165, 1.54) is 9.80 Å². The van der Waals surface area contributed by atoms with Crippen LogP contribution in [0.5, 0.6) is 5.75 Å². The minimum absolute atomic E-state index is 0.167. The first-order chi connectivity index (χ1) is 16.8. The average molecular weight is 476 g/mol. The maximum absolute atomic E-state index is 13.6. The lowest BCUT2D eigenvalue weighted by Crippen LogP contribution is -2.54. The first-order valence-electron chi connectivity index (χ1n) is 11.4. The van der Waals surface area contributed by atoms with Crippen LogP contribution in [0, 0.1) is 0 Å². The number of ether oxygens (including phenoxy) is 1. The summed E-state index contributed by atoms with van der Waals surface area (Å²) in [6.45, 7) is 3.57. The highest BCUT2D eigenvalue weighted by atomic mass is 16.5. The van der Waals surface area contributed by atoms with Crippen molar-refractivity contribution < 1.29 is 19.1 Å². The second kappa shape index (κ2) is 10.1. The normalized spacial score (nSPS) is 21.7. The van der Waals surface area contributed by atoms with Crippen molar-refractivity contribution in [2.24, 2.45) is 5.73 Å². The molecule has 35 heavy (non-hydrogen) atoms. The number of hydrogen-bond donors (Lipinski definition) is 1. The molecule has 9 heteroatoms. The SMILES string of the molecule is COc1ccc(N(C(=O)CN2C(=O)C(N)C(=O)N(c3ccncc3)C3C=CC=CC32)C(C)C)cc1. The highest BCUT2D eigenvalue weighted by Crippen LogP contribution is 2.29. The quantitative estimate of drug-likeness (QED) is 0.639. The van der Waals surface area contributed by atoms with Crippen LogP contribution >= 0.6 is 0 Å². The molecule has 1 aromatic carbocycles. The van der Waals surface area contributed by atoms with Gasteiger partial charge in [0, 0.05) is 29.8 Å². The van der Waals surface area contributed by atoms with Crippen molar-refractivity contribution in [3.05, 3.63) is 73.1 Å². The molecule has 9 nitrogen and oxygen atoms in total. The van der Waals surface area contributed by atoms with Gasteiger partial charge in [0.25, 0.3) is 5.91 Å². The number of carbonyl (C=O) groups excluding carboxylic acids is 3. The van der Waals surface area contributed by atoms with Crippen LogP contribution in [0.4, 0.5) is 11.4 Å². The van der Waals surface area contributed by atoms with Crippen LogP contribution in [0.3, 0.4) is 0 Å². The molecule has 182 valence electrons. The van der Waals surface area contributed by atoms with E-state index in [0.29, 0.717) is 17.1 Å². The number of pyridine rings is 1. The molecule has 2 N–H and O–H groups in total. The van der Waals surface area contributed by atoms with Gasteiger partial charge in [-0.05, 0) is 50.2 Å². The Kier molecular flexibility index (Phi) is 6.97. The zero-order valence-electron chi connectivity index (χ0n) is 19.9. The predicted molar refractivity (Wildman–Crippen MR) is 133 cm³/mol. The number of amides is 3. The number of methoxy groups -OCH3 is 1. The van der Waals surface area contributed by atoms with E-state index in [2.05, 4.69) is 4.98 Å². The van der Waals surface area contributed by atoms with Crippen molar-refractivity contribution >= 4 is 29.1 Å². The average Bonchev–Trinajstić information content (AvgIpc) is 2.94. The van der Waals surface area contributed by atoms with E-state index in [9.17, 15) is 14.4 Å². The van der Waals surface area contributed by atoms with Gasteiger partial charge >= 0.3 is 0 Å². The van der Waals surface area contributed by atoms with Gasteiger partial charge in [-0.3, -0.25) is 19.4 Å². The maximum atomic E-state index is 13.6. The van der Waals surface area contributed by atoms with Crippen LogP contribution in [-0.2, 0) is 14.4 Å². The van der Waals surface area contributed by atoms with E-state index < -0.39 is 29.9 Å². The first kappa shape index (κ1) is 24.2. The van der Waals surface area contributed by atoms with E-state index in [4.69, 9.17) is 10.5 Å². The number of aromatic nitrogens is 1. The largest absolute Gasteiger partial charge is 0.497 e. The Morgan fingerprint density at radius 3 is 2.26 bits per heavy atom. The van der Waals surface area contributed by atoms with Gasteiger partial charge in [0.05, 0.1) is 19.2 Å².